The van der Waals surface area contributed by atoms with E-state index in [0.29, 0.717) is 23.9 Å². The van der Waals surface area contributed by atoms with Gasteiger partial charge in [0.05, 0.1) is 10.6 Å². The number of rotatable bonds is 4. The molecule has 0 spiro atoms. The number of thioether (sulfide) groups is 1. The topological polar surface area (TPSA) is 60.9 Å². The van der Waals surface area contributed by atoms with Crippen molar-refractivity contribution in [3.63, 3.8) is 0 Å². The summed E-state index contributed by atoms with van der Waals surface area (Å²) in [6.07, 6.45) is 3.62. The lowest BCUT2D eigenvalue weighted by molar-refractivity contribution is -0.136. The summed E-state index contributed by atoms with van der Waals surface area (Å²) in [6.45, 7) is 3.38. The number of nitrogens with zero attached hydrogens (tertiary/aromatic N) is 3. The SMILES string of the molecule is CC1CCN(C(=O)CN2C(=O)S/C(=C\c3ccc(N(C)C)c(Br)c3)C2=O)CC1. The summed E-state index contributed by atoms with van der Waals surface area (Å²) in [5.41, 5.74) is 1.84. The number of piperidine rings is 1. The van der Waals surface area contributed by atoms with Crippen LogP contribution < -0.4 is 4.90 Å². The molecule has 2 aliphatic heterocycles. The van der Waals surface area contributed by atoms with Crippen molar-refractivity contribution in [3.8, 4) is 0 Å². The number of likely N-dealkylation sites (tertiary alicyclic amines) is 1. The molecule has 1 aromatic rings. The van der Waals surface area contributed by atoms with Crippen molar-refractivity contribution in [2.45, 2.75) is 19.8 Å². The standard InChI is InChI=1S/C20H24BrN3O3S/c1-13-6-8-23(9-7-13)18(25)12-24-19(26)17(28-20(24)27)11-14-4-5-16(22(2)3)15(21)10-14/h4-5,10-11,13H,6-9,12H2,1-3H3/b17-11-. The number of benzene rings is 1. The zero-order valence-corrected chi connectivity index (χ0v) is 18.7. The highest BCUT2D eigenvalue weighted by molar-refractivity contribution is 9.10. The van der Waals surface area contributed by atoms with E-state index in [2.05, 4.69) is 22.9 Å². The Bertz CT molecular complexity index is 832. The van der Waals surface area contributed by atoms with Gasteiger partial charge in [0.1, 0.15) is 6.54 Å². The average Bonchev–Trinajstić information content (AvgIpc) is 2.89. The Morgan fingerprint density at radius 2 is 1.96 bits per heavy atom. The number of hydrogen-bond acceptors (Lipinski definition) is 5. The van der Waals surface area contributed by atoms with Crippen molar-refractivity contribution in [1.82, 2.24) is 9.80 Å². The predicted molar refractivity (Wildman–Crippen MR) is 116 cm³/mol. The van der Waals surface area contributed by atoms with Gasteiger partial charge in [-0.3, -0.25) is 19.3 Å². The lowest BCUT2D eigenvalue weighted by atomic mass is 9.99. The maximum Gasteiger partial charge on any atom is 0.294 e. The Morgan fingerprint density at radius 3 is 2.57 bits per heavy atom. The first-order valence-electron chi connectivity index (χ1n) is 9.26. The molecule has 150 valence electrons. The Kier molecular flexibility index (Phi) is 6.50. The number of imide groups is 1. The molecule has 0 saturated carbocycles. The summed E-state index contributed by atoms with van der Waals surface area (Å²) in [4.78, 5) is 42.6. The van der Waals surface area contributed by atoms with Crippen LogP contribution in [0.15, 0.2) is 27.6 Å². The van der Waals surface area contributed by atoms with E-state index in [1.54, 1.807) is 11.0 Å². The minimum Gasteiger partial charge on any atom is -0.377 e. The lowest BCUT2D eigenvalue weighted by Crippen LogP contribution is -2.45. The van der Waals surface area contributed by atoms with Crippen LogP contribution in [0.3, 0.4) is 0 Å². The minimum absolute atomic E-state index is 0.159. The molecule has 2 aliphatic rings. The number of carbonyl (C=O) groups excluding carboxylic acids is 3. The Balaban J connectivity index is 1.70. The van der Waals surface area contributed by atoms with Crippen LogP contribution in [0.2, 0.25) is 0 Å². The molecule has 0 bridgehead atoms. The number of amides is 3. The van der Waals surface area contributed by atoms with Crippen molar-refractivity contribution in [2.24, 2.45) is 5.92 Å². The Hall–Kier alpha value is -1.80. The van der Waals surface area contributed by atoms with Crippen molar-refractivity contribution in [1.29, 1.82) is 0 Å². The molecular formula is C20H24BrN3O3S. The Morgan fingerprint density at radius 1 is 1.29 bits per heavy atom. The molecular weight excluding hydrogens is 442 g/mol. The zero-order valence-electron chi connectivity index (χ0n) is 16.3. The van der Waals surface area contributed by atoms with Crippen LogP contribution >= 0.6 is 27.7 Å². The quantitative estimate of drug-likeness (QED) is 0.632. The highest BCUT2D eigenvalue weighted by Gasteiger charge is 2.37. The average molecular weight is 466 g/mol. The fourth-order valence-electron chi connectivity index (χ4n) is 3.26. The summed E-state index contributed by atoms with van der Waals surface area (Å²) in [5.74, 6) is 0.0532. The second-order valence-electron chi connectivity index (χ2n) is 7.44. The predicted octanol–water partition coefficient (Wildman–Crippen LogP) is 3.81. The molecule has 0 atom stereocenters. The van der Waals surface area contributed by atoms with E-state index in [4.69, 9.17) is 0 Å². The highest BCUT2D eigenvalue weighted by Crippen LogP contribution is 2.34. The summed E-state index contributed by atoms with van der Waals surface area (Å²) in [7, 11) is 3.90. The van der Waals surface area contributed by atoms with Crippen LogP contribution in [0.25, 0.3) is 6.08 Å². The van der Waals surface area contributed by atoms with Crippen molar-refractivity contribution < 1.29 is 14.4 Å². The molecule has 3 amide bonds. The van der Waals surface area contributed by atoms with Crippen molar-refractivity contribution in [3.05, 3.63) is 33.1 Å². The molecule has 3 rings (SSSR count). The number of anilines is 1. The van der Waals surface area contributed by atoms with E-state index in [0.717, 1.165) is 45.2 Å². The molecule has 0 unspecified atom stereocenters. The summed E-state index contributed by atoms with van der Waals surface area (Å²) >= 11 is 4.41. The minimum atomic E-state index is -0.401. The number of hydrogen-bond donors (Lipinski definition) is 0. The summed E-state index contributed by atoms with van der Waals surface area (Å²) < 4.78 is 0.903. The van der Waals surface area contributed by atoms with E-state index in [1.807, 2.05) is 37.2 Å². The highest BCUT2D eigenvalue weighted by atomic mass is 79.9. The normalized spacial score (nSPS) is 19.6. The maximum atomic E-state index is 12.7. The first-order chi connectivity index (χ1) is 13.3. The molecule has 8 heteroatoms. The fraction of sp³-hybridized carbons (Fsp3) is 0.450. The van der Waals surface area contributed by atoms with Crippen LogP contribution in [0, 0.1) is 5.92 Å². The van der Waals surface area contributed by atoms with Crippen molar-refractivity contribution in [2.75, 3.05) is 38.6 Å². The second-order valence-corrected chi connectivity index (χ2v) is 9.28. The van der Waals surface area contributed by atoms with Gasteiger partial charge in [-0.05, 0) is 70.2 Å². The van der Waals surface area contributed by atoms with Crippen LogP contribution in [0.5, 0.6) is 0 Å². The molecule has 1 aromatic carbocycles. The molecule has 28 heavy (non-hydrogen) atoms. The lowest BCUT2D eigenvalue weighted by Gasteiger charge is -2.31. The number of carbonyl (C=O) groups is 3. The molecule has 0 aromatic heterocycles. The molecule has 2 heterocycles. The smallest absolute Gasteiger partial charge is 0.294 e. The van der Waals surface area contributed by atoms with E-state index < -0.39 is 5.91 Å². The van der Waals surface area contributed by atoms with Gasteiger partial charge in [-0.15, -0.1) is 0 Å². The first-order valence-corrected chi connectivity index (χ1v) is 10.9. The number of halogens is 1. The third-order valence-electron chi connectivity index (χ3n) is 5.05. The fourth-order valence-corrected chi connectivity index (χ4v) is 4.85. The van der Waals surface area contributed by atoms with Gasteiger partial charge in [-0.25, -0.2) is 0 Å². The van der Waals surface area contributed by atoms with E-state index in [9.17, 15) is 14.4 Å². The van der Waals surface area contributed by atoms with Gasteiger partial charge < -0.3 is 9.80 Å². The maximum absolute atomic E-state index is 12.7. The molecule has 0 aliphatic carbocycles. The summed E-state index contributed by atoms with van der Waals surface area (Å²) in [5, 5.41) is -0.390. The largest absolute Gasteiger partial charge is 0.377 e. The van der Waals surface area contributed by atoms with Gasteiger partial charge in [-0.2, -0.15) is 0 Å². The third kappa shape index (κ3) is 4.60. The zero-order chi connectivity index (χ0) is 20.4. The van der Waals surface area contributed by atoms with Crippen molar-refractivity contribution >= 4 is 56.5 Å². The summed E-state index contributed by atoms with van der Waals surface area (Å²) in [6, 6.07) is 5.75. The molecule has 0 radical (unpaired) electrons. The van der Waals surface area contributed by atoms with Gasteiger partial charge in [0, 0.05) is 31.7 Å². The van der Waals surface area contributed by atoms with E-state index in [-0.39, 0.29) is 17.7 Å². The van der Waals surface area contributed by atoms with Crippen LogP contribution in [-0.4, -0.2) is 60.6 Å². The second kappa shape index (κ2) is 8.69. The Labute approximate surface area is 178 Å². The van der Waals surface area contributed by atoms with E-state index in [1.165, 1.54) is 0 Å². The van der Waals surface area contributed by atoms with Gasteiger partial charge in [0.15, 0.2) is 0 Å². The monoisotopic (exact) mass is 465 g/mol. The van der Waals surface area contributed by atoms with Gasteiger partial charge in [-0.1, -0.05) is 13.0 Å². The molecule has 0 N–H and O–H groups in total. The molecule has 6 nitrogen and oxygen atoms in total. The van der Waals surface area contributed by atoms with E-state index >= 15 is 0 Å². The van der Waals surface area contributed by atoms with Crippen LogP contribution in [0.1, 0.15) is 25.3 Å². The van der Waals surface area contributed by atoms with Gasteiger partial charge in [0.2, 0.25) is 5.91 Å². The van der Waals surface area contributed by atoms with Gasteiger partial charge in [0.25, 0.3) is 11.1 Å². The first kappa shape index (κ1) is 20.9. The van der Waals surface area contributed by atoms with Crippen LogP contribution in [-0.2, 0) is 9.59 Å². The van der Waals surface area contributed by atoms with Crippen LogP contribution in [0.4, 0.5) is 10.5 Å². The molecule has 2 fully saturated rings. The third-order valence-corrected chi connectivity index (χ3v) is 6.60. The molecule has 2 saturated heterocycles. The van der Waals surface area contributed by atoms with Gasteiger partial charge >= 0.3 is 0 Å².